The fourth-order valence-corrected chi connectivity index (χ4v) is 1.53. The SMILES string of the molecule is CCC(CC)c1cccc(Cl)n1. The van der Waals surface area contributed by atoms with Crippen molar-refractivity contribution in [1.29, 1.82) is 0 Å². The van der Waals surface area contributed by atoms with Gasteiger partial charge in [-0.1, -0.05) is 31.5 Å². The summed E-state index contributed by atoms with van der Waals surface area (Å²) in [5, 5.41) is 0.597. The summed E-state index contributed by atoms with van der Waals surface area (Å²) in [6.07, 6.45) is 2.26. The number of aromatic nitrogens is 1. The Bertz CT molecular complexity index is 243. The van der Waals surface area contributed by atoms with E-state index >= 15 is 0 Å². The predicted octanol–water partition coefficient (Wildman–Crippen LogP) is 3.64. The van der Waals surface area contributed by atoms with E-state index < -0.39 is 0 Å². The first kappa shape index (κ1) is 9.53. The van der Waals surface area contributed by atoms with Crippen LogP contribution in [0.5, 0.6) is 0 Å². The molecule has 0 aromatic carbocycles. The van der Waals surface area contributed by atoms with Gasteiger partial charge in [-0.15, -0.1) is 0 Å². The second kappa shape index (κ2) is 4.46. The van der Waals surface area contributed by atoms with E-state index in [9.17, 15) is 0 Å². The van der Waals surface area contributed by atoms with Gasteiger partial charge in [0, 0.05) is 11.6 Å². The third-order valence-electron chi connectivity index (χ3n) is 2.14. The lowest BCUT2D eigenvalue weighted by molar-refractivity contribution is 0.623. The van der Waals surface area contributed by atoms with Gasteiger partial charge < -0.3 is 0 Å². The zero-order valence-corrected chi connectivity index (χ0v) is 8.30. The van der Waals surface area contributed by atoms with Gasteiger partial charge in [-0.05, 0) is 25.0 Å². The molecule has 0 aliphatic carbocycles. The minimum Gasteiger partial charge on any atom is -0.241 e. The van der Waals surface area contributed by atoms with Crippen LogP contribution in [0, 0.1) is 0 Å². The molecule has 0 N–H and O–H groups in total. The van der Waals surface area contributed by atoms with Gasteiger partial charge in [0.15, 0.2) is 0 Å². The Morgan fingerprint density at radius 3 is 2.50 bits per heavy atom. The number of pyridine rings is 1. The highest BCUT2D eigenvalue weighted by atomic mass is 35.5. The molecule has 0 radical (unpaired) electrons. The van der Waals surface area contributed by atoms with Gasteiger partial charge in [-0.2, -0.15) is 0 Å². The van der Waals surface area contributed by atoms with Gasteiger partial charge in [0.1, 0.15) is 5.15 Å². The van der Waals surface area contributed by atoms with Crippen molar-refractivity contribution in [2.24, 2.45) is 0 Å². The van der Waals surface area contributed by atoms with Crippen LogP contribution in [0.3, 0.4) is 0 Å². The molecule has 0 spiro atoms. The third-order valence-corrected chi connectivity index (χ3v) is 2.35. The molecule has 1 aromatic heterocycles. The van der Waals surface area contributed by atoms with Crippen LogP contribution in [0.4, 0.5) is 0 Å². The highest BCUT2D eigenvalue weighted by Crippen LogP contribution is 2.21. The lowest BCUT2D eigenvalue weighted by Crippen LogP contribution is -1.98. The highest BCUT2D eigenvalue weighted by molar-refractivity contribution is 6.29. The van der Waals surface area contributed by atoms with Crippen molar-refractivity contribution in [2.45, 2.75) is 32.6 Å². The Kier molecular flexibility index (Phi) is 3.54. The number of rotatable bonds is 3. The molecule has 0 bridgehead atoms. The summed E-state index contributed by atoms with van der Waals surface area (Å²) in [4.78, 5) is 4.28. The van der Waals surface area contributed by atoms with Gasteiger partial charge in [-0.3, -0.25) is 0 Å². The Morgan fingerprint density at radius 1 is 1.33 bits per heavy atom. The summed E-state index contributed by atoms with van der Waals surface area (Å²) in [6, 6.07) is 5.82. The van der Waals surface area contributed by atoms with Crippen LogP contribution in [-0.4, -0.2) is 4.98 Å². The van der Waals surface area contributed by atoms with Crippen molar-refractivity contribution in [3.05, 3.63) is 29.0 Å². The quantitative estimate of drug-likeness (QED) is 0.652. The zero-order chi connectivity index (χ0) is 8.97. The summed E-state index contributed by atoms with van der Waals surface area (Å²) in [7, 11) is 0. The molecule has 66 valence electrons. The molecule has 0 aliphatic rings. The van der Waals surface area contributed by atoms with Crippen molar-refractivity contribution >= 4 is 11.6 Å². The van der Waals surface area contributed by atoms with Crippen LogP contribution in [0.2, 0.25) is 5.15 Å². The zero-order valence-electron chi connectivity index (χ0n) is 7.55. The first-order valence-corrected chi connectivity index (χ1v) is 4.78. The second-order valence-electron chi connectivity index (χ2n) is 2.90. The summed E-state index contributed by atoms with van der Waals surface area (Å²) in [5.41, 5.74) is 1.12. The van der Waals surface area contributed by atoms with E-state index in [2.05, 4.69) is 18.8 Å². The smallest absolute Gasteiger partial charge is 0.129 e. The lowest BCUT2D eigenvalue weighted by Gasteiger charge is -2.10. The van der Waals surface area contributed by atoms with Crippen LogP contribution < -0.4 is 0 Å². The monoisotopic (exact) mass is 183 g/mol. The van der Waals surface area contributed by atoms with E-state index in [1.54, 1.807) is 0 Å². The van der Waals surface area contributed by atoms with Crippen molar-refractivity contribution in [2.75, 3.05) is 0 Å². The molecule has 0 aliphatic heterocycles. The van der Waals surface area contributed by atoms with Crippen LogP contribution in [0.15, 0.2) is 18.2 Å². The summed E-state index contributed by atoms with van der Waals surface area (Å²) < 4.78 is 0. The Labute approximate surface area is 78.8 Å². The third kappa shape index (κ3) is 2.21. The highest BCUT2D eigenvalue weighted by Gasteiger charge is 2.07. The molecule has 0 atom stereocenters. The fraction of sp³-hybridized carbons (Fsp3) is 0.500. The molecule has 2 heteroatoms. The van der Waals surface area contributed by atoms with Crippen molar-refractivity contribution < 1.29 is 0 Å². The molecule has 1 rings (SSSR count). The van der Waals surface area contributed by atoms with E-state index in [1.165, 1.54) is 0 Å². The first-order chi connectivity index (χ1) is 5.77. The average Bonchev–Trinajstić information content (AvgIpc) is 2.07. The van der Waals surface area contributed by atoms with Gasteiger partial charge >= 0.3 is 0 Å². The number of hydrogen-bond acceptors (Lipinski definition) is 1. The Hall–Kier alpha value is -0.560. The van der Waals surface area contributed by atoms with E-state index in [0.29, 0.717) is 11.1 Å². The number of halogens is 1. The van der Waals surface area contributed by atoms with Crippen molar-refractivity contribution in [3.8, 4) is 0 Å². The van der Waals surface area contributed by atoms with Crippen LogP contribution >= 0.6 is 11.6 Å². The molecule has 1 nitrogen and oxygen atoms in total. The maximum absolute atomic E-state index is 5.79. The molecular weight excluding hydrogens is 170 g/mol. The standard InChI is InChI=1S/C10H14ClN/c1-3-8(4-2)9-6-5-7-10(11)12-9/h5-8H,3-4H2,1-2H3. The molecule has 0 saturated carbocycles. The van der Waals surface area contributed by atoms with Gasteiger partial charge in [0.25, 0.3) is 0 Å². The largest absolute Gasteiger partial charge is 0.241 e. The number of hydrogen-bond donors (Lipinski definition) is 0. The van der Waals surface area contributed by atoms with Crippen LogP contribution in [0.1, 0.15) is 38.3 Å². The molecule has 0 saturated heterocycles. The normalized spacial score (nSPS) is 10.7. The maximum Gasteiger partial charge on any atom is 0.129 e. The topological polar surface area (TPSA) is 12.9 Å². The average molecular weight is 184 g/mol. The Balaban J connectivity index is 2.85. The van der Waals surface area contributed by atoms with Crippen molar-refractivity contribution in [3.63, 3.8) is 0 Å². The molecular formula is C10H14ClN. The maximum atomic E-state index is 5.79. The fourth-order valence-electron chi connectivity index (χ4n) is 1.36. The first-order valence-electron chi connectivity index (χ1n) is 4.40. The van der Waals surface area contributed by atoms with Crippen LogP contribution in [-0.2, 0) is 0 Å². The molecule has 12 heavy (non-hydrogen) atoms. The summed E-state index contributed by atoms with van der Waals surface area (Å²) in [5.74, 6) is 0.559. The summed E-state index contributed by atoms with van der Waals surface area (Å²) >= 11 is 5.79. The molecule has 0 unspecified atom stereocenters. The minimum absolute atomic E-state index is 0.559. The molecule has 0 fully saturated rings. The van der Waals surface area contributed by atoms with Gasteiger partial charge in [-0.25, -0.2) is 4.98 Å². The molecule has 1 heterocycles. The summed E-state index contributed by atoms with van der Waals surface area (Å²) in [6.45, 7) is 4.35. The van der Waals surface area contributed by atoms with E-state index in [-0.39, 0.29) is 0 Å². The minimum atomic E-state index is 0.559. The van der Waals surface area contributed by atoms with Crippen molar-refractivity contribution in [1.82, 2.24) is 4.98 Å². The molecule has 0 amide bonds. The van der Waals surface area contributed by atoms with E-state index in [1.807, 2.05) is 18.2 Å². The van der Waals surface area contributed by atoms with E-state index in [4.69, 9.17) is 11.6 Å². The van der Waals surface area contributed by atoms with Gasteiger partial charge in [0.05, 0.1) is 0 Å². The van der Waals surface area contributed by atoms with Gasteiger partial charge in [0.2, 0.25) is 0 Å². The van der Waals surface area contributed by atoms with Crippen LogP contribution in [0.25, 0.3) is 0 Å². The predicted molar refractivity (Wildman–Crippen MR) is 52.6 cm³/mol. The lowest BCUT2D eigenvalue weighted by atomic mass is 9.99. The Morgan fingerprint density at radius 2 is 2.00 bits per heavy atom. The molecule has 1 aromatic rings. The second-order valence-corrected chi connectivity index (χ2v) is 3.29. The number of nitrogens with zero attached hydrogens (tertiary/aromatic N) is 1. The van der Waals surface area contributed by atoms with E-state index in [0.717, 1.165) is 18.5 Å².